The Labute approximate surface area is 92.3 Å². The maximum absolute atomic E-state index is 13.2. The third-order valence-corrected chi connectivity index (χ3v) is 2.22. The molecule has 2 rings (SSSR count). The molecule has 0 aromatic heterocycles. The van der Waals surface area contributed by atoms with Crippen molar-refractivity contribution in [3.8, 4) is 11.5 Å². The van der Waals surface area contributed by atoms with Gasteiger partial charge in [0.05, 0.1) is 12.8 Å². The highest BCUT2D eigenvalue weighted by molar-refractivity contribution is 5.75. The number of halogens is 1. The van der Waals surface area contributed by atoms with Gasteiger partial charge in [0.25, 0.3) is 0 Å². The highest BCUT2D eigenvalue weighted by atomic mass is 19.1. The van der Waals surface area contributed by atoms with E-state index in [-0.39, 0.29) is 11.5 Å². The van der Waals surface area contributed by atoms with E-state index in [2.05, 4.69) is 4.99 Å². The van der Waals surface area contributed by atoms with E-state index in [0.29, 0.717) is 12.4 Å². The fraction of sp³-hybridized carbons (Fsp3) is 0.182. The number of hydrogen-bond acceptors (Lipinski definition) is 4. The maximum Gasteiger partial charge on any atom is 0.184 e. The highest BCUT2D eigenvalue weighted by Gasteiger charge is 2.16. The zero-order chi connectivity index (χ0) is 11.5. The van der Waals surface area contributed by atoms with Crippen LogP contribution in [-0.2, 0) is 0 Å². The minimum atomic E-state index is -0.517. The number of methoxy groups -OCH3 is 1. The predicted octanol–water partition coefficient (Wildman–Crippen LogP) is 1.90. The van der Waals surface area contributed by atoms with E-state index in [1.807, 2.05) is 0 Å². The van der Waals surface area contributed by atoms with Gasteiger partial charge in [-0.2, -0.15) is 0 Å². The van der Waals surface area contributed by atoms with E-state index >= 15 is 0 Å². The van der Waals surface area contributed by atoms with Crippen molar-refractivity contribution >= 4 is 11.9 Å². The lowest BCUT2D eigenvalue weighted by Crippen LogP contribution is -2.19. The molecule has 4 nitrogen and oxygen atoms in total. The van der Waals surface area contributed by atoms with Crippen LogP contribution in [-0.4, -0.2) is 25.1 Å². The Balaban J connectivity index is 2.46. The number of ether oxygens (including phenoxy) is 1. The summed E-state index contributed by atoms with van der Waals surface area (Å²) in [5.41, 5.74) is 0.452. The SMILES string of the molecule is COc1c(O)cc(F)cc1N1C=CC=NC1. The number of phenolic OH excluding ortho intramolecular Hbond substituents is 1. The van der Waals surface area contributed by atoms with Gasteiger partial charge in [0.15, 0.2) is 11.5 Å². The van der Waals surface area contributed by atoms with Crippen molar-refractivity contribution in [3.63, 3.8) is 0 Å². The molecule has 0 saturated heterocycles. The van der Waals surface area contributed by atoms with Gasteiger partial charge in [0, 0.05) is 24.5 Å². The molecule has 1 aromatic rings. The number of nitrogens with zero attached hydrogens (tertiary/aromatic N) is 2. The first-order valence-corrected chi connectivity index (χ1v) is 4.72. The fourth-order valence-corrected chi connectivity index (χ4v) is 1.53. The van der Waals surface area contributed by atoms with Crippen LogP contribution in [0.1, 0.15) is 0 Å². The minimum absolute atomic E-state index is 0.222. The molecule has 0 aliphatic carbocycles. The lowest BCUT2D eigenvalue weighted by molar-refractivity contribution is 0.371. The second-order valence-corrected chi connectivity index (χ2v) is 3.26. The summed E-state index contributed by atoms with van der Waals surface area (Å²) in [5, 5.41) is 9.55. The lowest BCUT2D eigenvalue weighted by atomic mass is 10.2. The van der Waals surface area contributed by atoms with Crippen molar-refractivity contribution in [2.45, 2.75) is 0 Å². The monoisotopic (exact) mass is 222 g/mol. The van der Waals surface area contributed by atoms with Gasteiger partial charge in [-0.25, -0.2) is 4.39 Å². The molecule has 0 spiro atoms. The summed E-state index contributed by atoms with van der Waals surface area (Å²) in [4.78, 5) is 5.71. The van der Waals surface area contributed by atoms with Crippen molar-refractivity contribution in [3.05, 3.63) is 30.2 Å². The topological polar surface area (TPSA) is 45.1 Å². The Bertz CT molecular complexity index is 458. The Morgan fingerprint density at radius 1 is 1.50 bits per heavy atom. The Morgan fingerprint density at radius 2 is 2.31 bits per heavy atom. The van der Waals surface area contributed by atoms with Gasteiger partial charge in [-0.05, 0) is 6.08 Å². The molecule has 1 aliphatic heterocycles. The average Bonchev–Trinajstić information content (AvgIpc) is 2.29. The van der Waals surface area contributed by atoms with Gasteiger partial charge >= 0.3 is 0 Å². The van der Waals surface area contributed by atoms with E-state index < -0.39 is 5.82 Å². The summed E-state index contributed by atoms with van der Waals surface area (Å²) in [5.74, 6) is -0.500. The first kappa shape index (κ1) is 10.5. The summed E-state index contributed by atoms with van der Waals surface area (Å²) in [6, 6.07) is 2.31. The van der Waals surface area contributed by atoms with Crippen LogP contribution >= 0.6 is 0 Å². The average molecular weight is 222 g/mol. The summed E-state index contributed by atoms with van der Waals surface area (Å²) in [6.07, 6.45) is 5.12. The third-order valence-electron chi connectivity index (χ3n) is 2.22. The van der Waals surface area contributed by atoms with Crippen LogP contribution in [0.25, 0.3) is 0 Å². The van der Waals surface area contributed by atoms with Crippen molar-refractivity contribution in [2.75, 3.05) is 18.7 Å². The van der Waals surface area contributed by atoms with Crippen molar-refractivity contribution in [2.24, 2.45) is 4.99 Å². The van der Waals surface area contributed by atoms with Crippen molar-refractivity contribution < 1.29 is 14.2 Å². The van der Waals surface area contributed by atoms with Gasteiger partial charge < -0.3 is 14.7 Å². The second-order valence-electron chi connectivity index (χ2n) is 3.26. The van der Waals surface area contributed by atoms with Gasteiger partial charge in [-0.1, -0.05) is 0 Å². The van der Waals surface area contributed by atoms with Crippen LogP contribution in [0.3, 0.4) is 0 Å². The predicted molar refractivity (Wildman–Crippen MR) is 59.6 cm³/mol. The summed E-state index contributed by atoms with van der Waals surface area (Å²) < 4.78 is 18.2. The molecule has 1 heterocycles. The van der Waals surface area contributed by atoms with Crippen molar-refractivity contribution in [1.29, 1.82) is 0 Å². The smallest absolute Gasteiger partial charge is 0.184 e. The first-order chi connectivity index (χ1) is 7.72. The molecule has 0 saturated carbocycles. The Hall–Kier alpha value is -2.04. The molecule has 16 heavy (non-hydrogen) atoms. The fourth-order valence-electron chi connectivity index (χ4n) is 1.53. The number of hydrogen-bond donors (Lipinski definition) is 1. The largest absolute Gasteiger partial charge is 0.504 e. The van der Waals surface area contributed by atoms with Crippen molar-refractivity contribution in [1.82, 2.24) is 0 Å². The van der Waals surface area contributed by atoms with Crippen LogP contribution in [0, 0.1) is 5.82 Å². The van der Waals surface area contributed by atoms with Crippen LogP contribution in [0.2, 0.25) is 0 Å². The molecule has 5 heteroatoms. The maximum atomic E-state index is 13.2. The number of aliphatic imine (C=N–C) groups is 1. The molecule has 0 radical (unpaired) electrons. The van der Waals surface area contributed by atoms with Gasteiger partial charge in [-0.3, -0.25) is 4.99 Å². The normalized spacial score (nSPS) is 14.2. The standard InChI is InChI=1S/C11H11FN2O2/c1-16-11-9(5-8(12)6-10(11)15)14-4-2-3-13-7-14/h2-6,15H,7H2,1H3. The number of benzene rings is 1. The zero-order valence-corrected chi connectivity index (χ0v) is 8.72. The van der Waals surface area contributed by atoms with Gasteiger partial charge in [0.1, 0.15) is 12.5 Å². The molecule has 1 aliphatic rings. The molecular formula is C11H11FN2O2. The van der Waals surface area contributed by atoms with E-state index in [1.54, 1.807) is 23.4 Å². The molecule has 1 N–H and O–H groups in total. The van der Waals surface area contributed by atoms with E-state index in [1.165, 1.54) is 13.2 Å². The first-order valence-electron chi connectivity index (χ1n) is 4.72. The highest BCUT2D eigenvalue weighted by Crippen LogP contribution is 2.38. The van der Waals surface area contributed by atoms with Gasteiger partial charge in [-0.15, -0.1) is 0 Å². The molecule has 0 bridgehead atoms. The van der Waals surface area contributed by atoms with E-state index in [0.717, 1.165) is 6.07 Å². The summed E-state index contributed by atoms with van der Waals surface area (Å²) in [6.45, 7) is 0.371. The van der Waals surface area contributed by atoms with Crippen LogP contribution < -0.4 is 9.64 Å². The number of anilines is 1. The number of rotatable bonds is 2. The van der Waals surface area contributed by atoms with E-state index in [4.69, 9.17) is 4.74 Å². The molecule has 0 fully saturated rings. The minimum Gasteiger partial charge on any atom is -0.504 e. The molecule has 1 aromatic carbocycles. The Kier molecular flexibility index (Phi) is 2.76. The molecule has 0 amide bonds. The second kappa shape index (κ2) is 4.22. The molecule has 0 unspecified atom stereocenters. The quantitative estimate of drug-likeness (QED) is 0.831. The number of phenols is 1. The molecule has 84 valence electrons. The van der Waals surface area contributed by atoms with Crippen LogP contribution in [0.15, 0.2) is 29.4 Å². The summed E-state index contributed by atoms with van der Waals surface area (Å²) in [7, 11) is 1.42. The number of allylic oxidation sites excluding steroid dienone is 1. The molecule has 0 atom stereocenters. The van der Waals surface area contributed by atoms with Crippen LogP contribution in [0.4, 0.5) is 10.1 Å². The third kappa shape index (κ3) is 1.84. The van der Waals surface area contributed by atoms with E-state index in [9.17, 15) is 9.50 Å². The van der Waals surface area contributed by atoms with Gasteiger partial charge in [0.2, 0.25) is 0 Å². The molecular weight excluding hydrogens is 211 g/mol. The zero-order valence-electron chi connectivity index (χ0n) is 8.72. The lowest BCUT2D eigenvalue weighted by Gasteiger charge is -2.22. The van der Waals surface area contributed by atoms with Crippen LogP contribution in [0.5, 0.6) is 11.5 Å². The number of aromatic hydroxyl groups is 1. The Morgan fingerprint density at radius 3 is 2.94 bits per heavy atom. The summed E-state index contributed by atoms with van der Waals surface area (Å²) >= 11 is 0.